The van der Waals surface area contributed by atoms with Crippen molar-refractivity contribution in [1.82, 2.24) is 4.98 Å². The molecule has 25 heavy (non-hydrogen) atoms. The molecule has 0 atom stereocenters. The van der Waals surface area contributed by atoms with Crippen LogP contribution in [-0.4, -0.2) is 28.9 Å². The second-order valence-corrected chi connectivity index (χ2v) is 5.83. The van der Waals surface area contributed by atoms with Gasteiger partial charge in [0, 0.05) is 5.56 Å². The van der Waals surface area contributed by atoms with Crippen LogP contribution in [0.5, 0.6) is 5.75 Å². The van der Waals surface area contributed by atoms with Crippen molar-refractivity contribution in [2.45, 2.75) is 6.92 Å². The number of nitrogens with one attached hydrogen (secondary N) is 1. The number of pyridine rings is 1. The van der Waals surface area contributed by atoms with Gasteiger partial charge in [-0.25, -0.2) is 14.2 Å². The van der Waals surface area contributed by atoms with Gasteiger partial charge in [0.15, 0.2) is 22.4 Å². The number of carboxylic acid groups (broad SMARTS) is 1. The fraction of sp³-hybridized carbons (Fsp3) is 0.133. The molecule has 1 heterocycles. The van der Waals surface area contributed by atoms with Gasteiger partial charge in [0.25, 0.3) is 0 Å². The van der Waals surface area contributed by atoms with Gasteiger partial charge in [-0.2, -0.15) is 5.10 Å². The Labute approximate surface area is 157 Å². The number of methoxy groups -OCH3 is 1. The molecule has 2 aromatic rings. The first-order chi connectivity index (χ1) is 11.8. The largest absolute Gasteiger partial charge is 0.494 e. The molecule has 10 heteroatoms. The average molecular weight is 407 g/mol. The minimum Gasteiger partial charge on any atom is -0.494 e. The number of carbonyl (C=O) groups is 1. The molecule has 0 radical (unpaired) electrons. The second-order valence-electron chi connectivity index (χ2n) is 4.72. The molecule has 0 unspecified atom stereocenters. The molecule has 0 amide bonds. The summed E-state index contributed by atoms with van der Waals surface area (Å²) in [6.07, 6.45) is 0. The van der Waals surface area contributed by atoms with E-state index in [1.54, 1.807) is 13.0 Å². The fourth-order valence-electron chi connectivity index (χ4n) is 1.85. The maximum atomic E-state index is 13.8. The predicted octanol–water partition coefficient (Wildman–Crippen LogP) is 4.72. The van der Waals surface area contributed by atoms with Crippen LogP contribution in [0.25, 0.3) is 0 Å². The number of hydrogen-bond acceptors (Lipinski definition) is 5. The monoisotopic (exact) mass is 405 g/mol. The van der Waals surface area contributed by atoms with Crippen LogP contribution in [0, 0.1) is 5.82 Å². The van der Waals surface area contributed by atoms with Crippen LogP contribution in [0.1, 0.15) is 23.0 Å². The number of anilines is 1. The summed E-state index contributed by atoms with van der Waals surface area (Å²) in [7, 11) is 1.36. The van der Waals surface area contributed by atoms with E-state index in [9.17, 15) is 9.18 Å². The van der Waals surface area contributed by atoms with Gasteiger partial charge in [0.05, 0.1) is 18.5 Å². The first-order valence-corrected chi connectivity index (χ1v) is 7.81. The van der Waals surface area contributed by atoms with Crippen molar-refractivity contribution in [3.8, 4) is 5.75 Å². The van der Waals surface area contributed by atoms with Crippen LogP contribution in [0.2, 0.25) is 15.2 Å². The van der Waals surface area contributed by atoms with Gasteiger partial charge in [0.2, 0.25) is 0 Å². The number of aromatic carboxylic acids is 1. The summed E-state index contributed by atoms with van der Waals surface area (Å²) in [6.45, 7) is 1.61. The maximum absolute atomic E-state index is 13.8. The third-order valence-corrected chi connectivity index (χ3v) is 4.25. The lowest BCUT2D eigenvalue weighted by Crippen LogP contribution is -2.06. The molecule has 0 bridgehead atoms. The van der Waals surface area contributed by atoms with Crippen LogP contribution in [0.4, 0.5) is 10.1 Å². The summed E-state index contributed by atoms with van der Waals surface area (Å²) in [6, 6.07) is 4.30. The van der Waals surface area contributed by atoms with Crippen LogP contribution in [-0.2, 0) is 0 Å². The average Bonchev–Trinajstić information content (AvgIpc) is 2.57. The molecule has 1 aromatic heterocycles. The molecule has 2 N–H and O–H groups in total. The quantitative estimate of drug-likeness (QED) is 0.426. The Kier molecular flexibility index (Phi) is 6.05. The van der Waals surface area contributed by atoms with Gasteiger partial charge in [-0.05, 0) is 25.1 Å². The number of carboxylic acids is 1. The Balaban J connectivity index is 2.38. The van der Waals surface area contributed by atoms with Gasteiger partial charge >= 0.3 is 5.97 Å². The van der Waals surface area contributed by atoms with E-state index in [1.807, 2.05) is 0 Å². The molecule has 132 valence electrons. The van der Waals surface area contributed by atoms with Crippen molar-refractivity contribution in [2.24, 2.45) is 5.10 Å². The first-order valence-electron chi connectivity index (χ1n) is 6.68. The number of nitrogens with zero attached hydrogens (tertiary/aromatic N) is 2. The van der Waals surface area contributed by atoms with Crippen molar-refractivity contribution in [3.63, 3.8) is 0 Å². The van der Waals surface area contributed by atoms with Crippen LogP contribution in [0.15, 0.2) is 23.3 Å². The third kappa shape index (κ3) is 4.12. The number of ether oxygens (including phenoxy) is 1. The molecule has 0 saturated carbocycles. The van der Waals surface area contributed by atoms with E-state index in [-0.39, 0.29) is 26.6 Å². The highest BCUT2D eigenvalue weighted by Crippen LogP contribution is 2.37. The summed E-state index contributed by atoms with van der Waals surface area (Å²) < 4.78 is 18.6. The first kappa shape index (κ1) is 19.2. The number of benzene rings is 1. The SMILES string of the molecule is COc1ccc(/C(C)=N\Nc2c(Cl)c(Cl)nc(C(=O)O)c2Cl)cc1F. The number of hydrazone groups is 1. The second kappa shape index (κ2) is 7.86. The highest BCUT2D eigenvalue weighted by molar-refractivity contribution is 6.46. The Morgan fingerprint density at radius 1 is 1.32 bits per heavy atom. The zero-order valence-electron chi connectivity index (χ0n) is 12.9. The number of rotatable bonds is 5. The van der Waals surface area contributed by atoms with E-state index in [1.165, 1.54) is 19.2 Å². The zero-order chi connectivity index (χ0) is 18.7. The minimum atomic E-state index is -1.37. The molecular formula is C15H11Cl3FN3O3. The van der Waals surface area contributed by atoms with Gasteiger partial charge in [0.1, 0.15) is 10.0 Å². The van der Waals surface area contributed by atoms with Crippen LogP contribution < -0.4 is 10.2 Å². The normalized spacial score (nSPS) is 11.4. The maximum Gasteiger partial charge on any atom is 0.356 e. The molecule has 0 spiro atoms. The highest BCUT2D eigenvalue weighted by Gasteiger charge is 2.20. The van der Waals surface area contributed by atoms with Crippen molar-refractivity contribution < 1.29 is 19.0 Å². The lowest BCUT2D eigenvalue weighted by Gasteiger charge is -2.11. The molecule has 0 aliphatic carbocycles. The lowest BCUT2D eigenvalue weighted by atomic mass is 10.1. The molecule has 0 aliphatic heterocycles. The van der Waals surface area contributed by atoms with Crippen molar-refractivity contribution in [1.29, 1.82) is 0 Å². The Hall–Kier alpha value is -2.09. The molecule has 2 rings (SSSR count). The van der Waals surface area contributed by atoms with Gasteiger partial charge in [-0.3, -0.25) is 5.43 Å². The van der Waals surface area contributed by atoms with E-state index >= 15 is 0 Å². The topological polar surface area (TPSA) is 83.8 Å². The number of hydrogen-bond donors (Lipinski definition) is 2. The molecule has 0 saturated heterocycles. The standard InChI is InChI=1S/C15H11Cl3FN3O3/c1-6(7-3-4-9(25-2)8(19)5-7)21-22-12-10(16)13(15(23)24)20-14(18)11(12)17/h3-5H,1-2H3,(H,20,22)(H,23,24)/b21-6-. The number of aromatic nitrogens is 1. The van der Waals surface area contributed by atoms with Crippen molar-refractivity contribution in [2.75, 3.05) is 12.5 Å². The number of halogens is 4. The van der Waals surface area contributed by atoms with E-state index in [4.69, 9.17) is 44.6 Å². The molecular weight excluding hydrogens is 396 g/mol. The van der Waals surface area contributed by atoms with E-state index in [0.29, 0.717) is 11.3 Å². The third-order valence-electron chi connectivity index (χ3n) is 3.15. The van der Waals surface area contributed by atoms with Crippen LogP contribution in [0.3, 0.4) is 0 Å². The lowest BCUT2D eigenvalue weighted by molar-refractivity contribution is 0.0691. The zero-order valence-corrected chi connectivity index (χ0v) is 15.2. The summed E-state index contributed by atoms with van der Waals surface area (Å²) >= 11 is 17.8. The molecule has 6 nitrogen and oxygen atoms in total. The predicted molar refractivity (Wildman–Crippen MR) is 95.0 cm³/mol. The van der Waals surface area contributed by atoms with Gasteiger partial charge in [-0.15, -0.1) is 0 Å². The van der Waals surface area contributed by atoms with Crippen molar-refractivity contribution in [3.05, 3.63) is 50.5 Å². The summed E-state index contributed by atoms with van der Waals surface area (Å²) in [4.78, 5) is 14.7. The Morgan fingerprint density at radius 2 is 2.00 bits per heavy atom. The summed E-state index contributed by atoms with van der Waals surface area (Å²) in [5.74, 6) is -1.82. The Morgan fingerprint density at radius 3 is 2.56 bits per heavy atom. The van der Waals surface area contributed by atoms with Crippen molar-refractivity contribution >= 4 is 52.2 Å². The summed E-state index contributed by atoms with van der Waals surface area (Å²) in [5.41, 5.74) is 2.91. The van der Waals surface area contributed by atoms with E-state index in [0.717, 1.165) is 0 Å². The molecule has 0 aliphatic rings. The molecule has 1 aromatic carbocycles. The van der Waals surface area contributed by atoms with E-state index in [2.05, 4.69) is 15.5 Å². The van der Waals surface area contributed by atoms with E-state index < -0.39 is 17.5 Å². The minimum absolute atomic E-state index is 0.0194. The van der Waals surface area contributed by atoms with Gasteiger partial charge < -0.3 is 9.84 Å². The van der Waals surface area contributed by atoms with Crippen LogP contribution >= 0.6 is 34.8 Å². The highest BCUT2D eigenvalue weighted by atomic mass is 35.5. The smallest absolute Gasteiger partial charge is 0.356 e. The molecule has 0 fully saturated rings. The van der Waals surface area contributed by atoms with Gasteiger partial charge in [-0.1, -0.05) is 34.8 Å². The fourth-order valence-corrected chi connectivity index (χ4v) is 2.52. The Bertz CT molecular complexity index is 875. The summed E-state index contributed by atoms with van der Waals surface area (Å²) in [5, 5.41) is 12.5.